The Kier molecular flexibility index (Phi) is 4.89. The van der Waals surface area contributed by atoms with Gasteiger partial charge in [0.2, 0.25) is 5.91 Å². The van der Waals surface area contributed by atoms with Gasteiger partial charge < -0.3 is 4.52 Å². The zero-order chi connectivity index (χ0) is 17.1. The SMILES string of the molecule is Cc1noc(C)c1CSc1ccccc1C(=O)NNC(=O)C1CC1. The van der Waals surface area contributed by atoms with Crippen molar-refractivity contribution in [3.63, 3.8) is 0 Å². The predicted octanol–water partition coefficient (Wildman–Crippen LogP) is 2.75. The molecule has 24 heavy (non-hydrogen) atoms. The lowest BCUT2D eigenvalue weighted by molar-refractivity contribution is -0.123. The first-order valence-electron chi connectivity index (χ1n) is 7.80. The summed E-state index contributed by atoms with van der Waals surface area (Å²) in [6.07, 6.45) is 1.79. The minimum Gasteiger partial charge on any atom is -0.361 e. The summed E-state index contributed by atoms with van der Waals surface area (Å²) in [7, 11) is 0. The van der Waals surface area contributed by atoms with E-state index in [1.54, 1.807) is 23.9 Å². The van der Waals surface area contributed by atoms with Gasteiger partial charge >= 0.3 is 0 Å². The summed E-state index contributed by atoms with van der Waals surface area (Å²) in [6, 6.07) is 7.32. The molecule has 3 rings (SSSR count). The number of amides is 2. The highest BCUT2D eigenvalue weighted by molar-refractivity contribution is 7.98. The zero-order valence-electron chi connectivity index (χ0n) is 13.6. The first-order valence-corrected chi connectivity index (χ1v) is 8.78. The van der Waals surface area contributed by atoms with Crippen LogP contribution in [-0.2, 0) is 10.5 Å². The summed E-state index contributed by atoms with van der Waals surface area (Å²) in [5.41, 5.74) is 7.41. The Labute approximate surface area is 144 Å². The molecule has 0 saturated heterocycles. The van der Waals surface area contributed by atoms with Crippen molar-refractivity contribution >= 4 is 23.6 Å². The van der Waals surface area contributed by atoms with E-state index in [2.05, 4.69) is 16.0 Å². The van der Waals surface area contributed by atoms with Crippen molar-refractivity contribution in [1.29, 1.82) is 0 Å². The van der Waals surface area contributed by atoms with E-state index in [-0.39, 0.29) is 17.7 Å². The van der Waals surface area contributed by atoms with Gasteiger partial charge in [-0.3, -0.25) is 20.4 Å². The van der Waals surface area contributed by atoms with Crippen LogP contribution < -0.4 is 10.9 Å². The Balaban J connectivity index is 1.65. The van der Waals surface area contributed by atoms with E-state index >= 15 is 0 Å². The fraction of sp³-hybridized carbons (Fsp3) is 0.353. The molecule has 126 valence electrons. The Bertz CT molecular complexity index is 749. The number of nitrogens with one attached hydrogen (secondary N) is 2. The van der Waals surface area contributed by atoms with Crippen molar-refractivity contribution in [2.75, 3.05) is 0 Å². The van der Waals surface area contributed by atoms with Crippen LogP contribution in [0.15, 0.2) is 33.7 Å². The lowest BCUT2D eigenvalue weighted by Crippen LogP contribution is -2.42. The highest BCUT2D eigenvalue weighted by Crippen LogP contribution is 2.29. The Morgan fingerprint density at radius 3 is 2.67 bits per heavy atom. The number of rotatable bonds is 5. The third-order valence-corrected chi connectivity index (χ3v) is 5.03. The van der Waals surface area contributed by atoms with Gasteiger partial charge in [0.25, 0.3) is 5.91 Å². The molecule has 1 aromatic heterocycles. The van der Waals surface area contributed by atoms with Crippen LogP contribution in [0.5, 0.6) is 0 Å². The third kappa shape index (κ3) is 3.79. The van der Waals surface area contributed by atoms with E-state index in [0.717, 1.165) is 34.8 Å². The molecule has 7 heteroatoms. The van der Waals surface area contributed by atoms with Crippen LogP contribution >= 0.6 is 11.8 Å². The first kappa shape index (κ1) is 16.6. The van der Waals surface area contributed by atoms with Gasteiger partial charge in [0.1, 0.15) is 5.76 Å². The maximum absolute atomic E-state index is 12.3. The molecule has 0 unspecified atom stereocenters. The quantitative estimate of drug-likeness (QED) is 0.643. The van der Waals surface area contributed by atoms with E-state index < -0.39 is 0 Å². The number of carbonyl (C=O) groups is 2. The molecule has 0 bridgehead atoms. The second kappa shape index (κ2) is 7.09. The number of nitrogens with zero attached hydrogens (tertiary/aromatic N) is 1. The Hall–Kier alpha value is -2.28. The molecule has 0 atom stereocenters. The summed E-state index contributed by atoms with van der Waals surface area (Å²) in [5, 5.41) is 3.94. The number of hydrazine groups is 1. The van der Waals surface area contributed by atoms with Gasteiger partial charge in [-0.2, -0.15) is 0 Å². The van der Waals surface area contributed by atoms with E-state index in [9.17, 15) is 9.59 Å². The molecule has 0 spiro atoms. The predicted molar refractivity (Wildman–Crippen MR) is 90.3 cm³/mol. The van der Waals surface area contributed by atoms with Crippen molar-refractivity contribution in [2.45, 2.75) is 37.3 Å². The summed E-state index contributed by atoms with van der Waals surface area (Å²) < 4.78 is 5.16. The van der Waals surface area contributed by atoms with Crippen molar-refractivity contribution in [3.05, 3.63) is 46.8 Å². The fourth-order valence-corrected chi connectivity index (χ4v) is 3.47. The molecule has 1 saturated carbocycles. The summed E-state index contributed by atoms with van der Waals surface area (Å²) >= 11 is 1.54. The molecule has 6 nitrogen and oxygen atoms in total. The smallest absolute Gasteiger partial charge is 0.270 e. The lowest BCUT2D eigenvalue weighted by atomic mass is 10.2. The number of hydrogen-bond acceptors (Lipinski definition) is 5. The van der Waals surface area contributed by atoms with Crippen LogP contribution in [0.2, 0.25) is 0 Å². The molecule has 2 amide bonds. The molecule has 1 heterocycles. The molecule has 0 aliphatic heterocycles. The van der Waals surface area contributed by atoms with Gasteiger partial charge in [-0.15, -0.1) is 11.8 Å². The van der Waals surface area contributed by atoms with Gasteiger partial charge in [-0.05, 0) is 38.8 Å². The number of thioether (sulfide) groups is 1. The molecule has 2 aromatic rings. The maximum Gasteiger partial charge on any atom is 0.270 e. The minimum atomic E-state index is -0.314. The maximum atomic E-state index is 12.3. The van der Waals surface area contributed by atoms with Crippen molar-refractivity contribution < 1.29 is 14.1 Å². The van der Waals surface area contributed by atoms with Crippen LogP contribution in [0.1, 0.15) is 40.2 Å². The second-order valence-electron chi connectivity index (χ2n) is 5.81. The largest absolute Gasteiger partial charge is 0.361 e. The van der Waals surface area contributed by atoms with Gasteiger partial charge in [0, 0.05) is 22.1 Å². The number of hydrogen-bond donors (Lipinski definition) is 2. The van der Waals surface area contributed by atoms with Crippen LogP contribution in [0.3, 0.4) is 0 Å². The average molecular weight is 345 g/mol. The molecular formula is C17H19N3O3S. The van der Waals surface area contributed by atoms with E-state index in [1.165, 1.54) is 0 Å². The van der Waals surface area contributed by atoms with E-state index in [1.807, 2.05) is 26.0 Å². The van der Waals surface area contributed by atoms with Gasteiger partial charge in [-0.25, -0.2) is 0 Å². The monoisotopic (exact) mass is 345 g/mol. The molecular weight excluding hydrogens is 326 g/mol. The van der Waals surface area contributed by atoms with Crippen LogP contribution in [0.25, 0.3) is 0 Å². The first-order chi connectivity index (χ1) is 11.6. The third-order valence-electron chi connectivity index (χ3n) is 3.93. The fourth-order valence-electron chi connectivity index (χ4n) is 2.27. The standard InChI is InChI=1S/C17H19N3O3S/c1-10-14(11(2)23-20-10)9-24-15-6-4-3-5-13(15)17(22)19-18-16(21)12-7-8-12/h3-6,12H,7-9H2,1-2H3,(H,18,21)(H,19,22). The zero-order valence-corrected chi connectivity index (χ0v) is 14.4. The van der Waals surface area contributed by atoms with E-state index in [4.69, 9.17) is 4.52 Å². The molecule has 1 fully saturated rings. The molecule has 0 radical (unpaired) electrons. The molecule has 2 N–H and O–H groups in total. The van der Waals surface area contributed by atoms with Gasteiger partial charge in [0.05, 0.1) is 11.3 Å². The number of carbonyl (C=O) groups excluding carboxylic acids is 2. The Morgan fingerprint density at radius 2 is 2.00 bits per heavy atom. The van der Waals surface area contributed by atoms with Gasteiger partial charge in [0.15, 0.2) is 0 Å². The van der Waals surface area contributed by atoms with Crippen molar-refractivity contribution in [3.8, 4) is 0 Å². The second-order valence-corrected chi connectivity index (χ2v) is 6.82. The number of aryl methyl sites for hydroxylation is 2. The highest BCUT2D eigenvalue weighted by atomic mass is 32.2. The van der Waals surface area contributed by atoms with Gasteiger partial charge in [-0.1, -0.05) is 17.3 Å². The van der Waals surface area contributed by atoms with E-state index in [0.29, 0.717) is 11.3 Å². The van der Waals surface area contributed by atoms with Crippen LogP contribution in [-0.4, -0.2) is 17.0 Å². The lowest BCUT2D eigenvalue weighted by Gasteiger charge is -2.10. The summed E-state index contributed by atoms with van der Waals surface area (Å²) in [5.74, 6) is 1.07. The number of benzene rings is 1. The molecule has 1 aromatic carbocycles. The topological polar surface area (TPSA) is 84.2 Å². The summed E-state index contributed by atoms with van der Waals surface area (Å²) in [4.78, 5) is 24.8. The molecule has 1 aliphatic carbocycles. The average Bonchev–Trinajstić information content (AvgIpc) is 3.38. The normalized spacial score (nSPS) is 13.6. The van der Waals surface area contributed by atoms with Crippen LogP contribution in [0.4, 0.5) is 0 Å². The molecule has 1 aliphatic rings. The van der Waals surface area contributed by atoms with Crippen LogP contribution in [0, 0.1) is 19.8 Å². The Morgan fingerprint density at radius 1 is 1.25 bits per heavy atom. The van der Waals surface area contributed by atoms with Crippen molar-refractivity contribution in [2.24, 2.45) is 5.92 Å². The highest BCUT2D eigenvalue weighted by Gasteiger charge is 2.29. The minimum absolute atomic E-state index is 0.0504. The van der Waals surface area contributed by atoms with Crippen molar-refractivity contribution in [1.82, 2.24) is 16.0 Å². The number of aromatic nitrogens is 1. The summed E-state index contributed by atoms with van der Waals surface area (Å²) in [6.45, 7) is 3.78.